The van der Waals surface area contributed by atoms with Gasteiger partial charge in [-0.05, 0) is 109 Å². The van der Waals surface area contributed by atoms with Gasteiger partial charge in [0.1, 0.15) is 5.65 Å². The van der Waals surface area contributed by atoms with Crippen molar-refractivity contribution in [2.45, 2.75) is 52.6 Å². The van der Waals surface area contributed by atoms with Crippen LogP contribution in [-0.2, 0) is 13.1 Å². The molecule has 0 unspecified atom stereocenters. The Morgan fingerprint density at radius 3 is 1.31 bits per heavy atom. The number of unbranched alkanes of at least 4 members (excludes halogenated alkanes) is 2. The van der Waals surface area contributed by atoms with Crippen molar-refractivity contribution < 1.29 is 0 Å². The van der Waals surface area contributed by atoms with Crippen molar-refractivity contribution in [2.24, 2.45) is 0 Å². The summed E-state index contributed by atoms with van der Waals surface area (Å²) in [5.74, 6) is 14.1. The summed E-state index contributed by atoms with van der Waals surface area (Å²) in [4.78, 5) is 12.6. The number of aryl methyl sites for hydroxylation is 2. The zero-order valence-corrected chi connectivity index (χ0v) is 37.0. The lowest BCUT2D eigenvalue weighted by molar-refractivity contribution is 0.622. The summed E-state index contributed by atoms with van der Waals surface area (Å²) in [5, 5.41) is 8.23. The maximum atomic E-state index is 3.54. The molecule has 0 saturated heterocycles. The number of hydrogen-bond donors (Lipinski definition) is 0. The third-order valence-electron chi connectivity index (χ3n) is 10.4. The van der Waals surface area contributed by atoms with Crippen LogP contribution in [0.3, 0.4) is 0 Å². The van der Waals surface area contributed by atoms with Crippen LogP contribution in [0, 0.1) is 23.7 Å². The van der Waals surface area contributed by atoms with Crippen LogP contribution in [0.4, 0.5) is 0 Å². The first kappa shape index (κ1) is 37.4. The number of fused-ring (bicyclic) bond motifs is 5. The first-order valence-corrected chi connectivity index (χ1v) is 24.8. The van der Waals surface area contributed by atoms with Crippen LogP contribution in [0.5, 0.6) is 0 Å². The van der Waals surface area contributed by atoms with Crippen molar-refractivity contribution in [2.75, 3.05) is 0 Å². The molecule has 0 amide bonds. The molecule has 0 N–H and O–H groups in total. The average Bonchev–Trinajstić information content (AvgIpc) is 4.10. The van der Waals surface area contributed by atoms with Crippen molar-refractivity contribution in [1.82, 2.24) is 9.13 Å². The van der Waals surface area contributed by atoms with Gasteiger partial charge in [0.2, 0.25) is 0 Å². The minimum Gasteiger partial charge on any atom is -0.327 e. The fourth-order valence-corrected chi connectivity index (χ4v) is 13.2. The summed E-state index contributed by atoms with van der Waals surface area (Å²) in [5.41, 5.74) is 5.97. The van der Waals surface area contributed by atoms with Gasteiger partial charge in [0.05, 0.1) is 20.8 Å². The van der Waals surface area contributed by atoms with Crippen LogP contribution < -0.4 is 0 Å². The quantitative estimate of drug-likeness (QED) is 0.121. The van der Waals surface area contributed by atoms with Gasteiger partial charge in [-0.3, -0.25) is 0 Å². The molecule has 2 aromatic carbocycles. The molecule has 8 heteroatoms. The van der Waals surface area contributed by atoms with E-state index in [9.17, 15) is 0 Å². The highest BCUT2D eigenvalue weighted by atomic mass is 32.1. The maximum Gasteiger partial charge on any atom is 0.122 e. The van der Waals surface area contributed by atoms with Gasteiger partial charge < -0.3 is 9.13 Å². The molecule has 8 aromatic heterocycles. The molecule has 8 heterocycles. The molecule has 2 nitrogen and oxygen atoms in total. The normalized spacial score (nSPS) is 11.4. The van der Waals surface area contributed by atoms with Crippen LogP contribution >= 0.6 is 68.0 Å². The zero-order valence-electron chi connectivity index (χ0n) is 32.1. The Labute approximate surface area is 363 Å². The van der Waals surface area contributed by atoms with E-state index in [2.05, 4.69) is 167 Å². The molecule has 0 saturated carbocycles. The minimum atomic E-state index is 0.977. The first-order valence-electron chi connectivity index (χ1n) is 19.7. The molecule has 0 radical (unpaired) electrons. The lowest BCUT2D eigenvalue weighted by atomic mass is 10.1. The maximum absolute atomic E-state index is 3.54. The van der Waals surface area contributed by atoms with Gasteiger partial charge >= 0.3 is 0 Å². The average molecular weight is 859 g/mol. The molecule has 0 aliphatic carbocycles. The van der Waals surface area contributed by atoms with Crippen molar-refractivity contribution in [3.8, 4) is 62.7 Å². The Kier molecular flexibility index (Phi) is 10.6. The molecule has 0 aliphatic rings. The van der Waals surface area contributed by atoms with Gasteiger partial charge in [-0.25, -0.2) is 0 Å². The molecule has 0 atom stereocenters. The fraction of sp³-hybridized carbons (Fsp3) is 0.160. The van der Waals surface area contributed by atoms with E-state index < -0.39 is 0 Å². The largest absolute Gasteiger partial charge is 0.327 e. The molecule has 0 aliphatic heterocycles. The second kappa shape index (κ2) is 16.4. The van der Waals surface area contributed by atoms with Crippen molar-refractivity contribution in [1.29, 1.82) is 0 Å². The molecule has 10 rings (SSSR count). The summed E-state index contributed by atoms with van der Waals surface area (Å²) in [7, 11) is 0. The smallest absolute Gasteiger partial charge is 0.122 e. The third-order valence-corrected chi connectivity index (χ3v) is 17.1. The Hall–Kier alpha value is -4.90. The Balaban J connectivity index is 0.976. The van der Waals surface area contributed by atoms with Gasteiger partial charge in [0, 0.05) is 79.4 Å². The van der Waals surface area contributed by atoms with E-state index in [0.717, 1.165) is 59.7 Å². The topological polar surface area (TPSA) is 9.86 Å². The second-order valence-corrected chi connectivity index (χ2v) is 20.5. The molecular weight excluding hydrogens is 821 g/mol. The highest BCUT2D eigenvalue weighted by molar-refractivity contribution is 7.27. The predicted octanol–water partition coefficient (Wildman–Crippen LogP) is 16.2. The predicted molar refractivity (Wildman–Crippen MR) is 259 cm³/mol. The SMILES string of the molecule is CCCCn1c2cc(C#Cc3ccc(-c4ccc(-c5cccs5)s4)s3)ccc2c2c3ccc(C#Cc4ccc(-c5ccc(-c6cccs6)s5)s4)cc3n(CCCC)c21. The number of aromatic nitrogens is 2. The molecule has 0 spiro atoms. The van der Waals surface area contributed by atoms with E-state index in [-0.39, 0.29) is 0 Å². The molecule has 284 valence electrons. The van der Waals surface area contributed by atoms with Gasteiger partial charge in [0.25, 0.3) is 0 Å². The first-order chi connectivity index (χ1) is 28.6. The van der Waals surface area contributed by atoms with Gasteiger partial charge in [0.15, 0.2) is 0 Å². The lowest BCUT2D eigenvalue weighted by Crippen LogP contribution is -2.05. The molecule has 58 heavy (non-hydrogen) atoms. The minimum absolute atomic E-state index is 0.977. The number of hydrogen-bond acceptors (Lipinski definition) is 6. The highest BCUT2D eigenvalue weighted by Crippen LogP contribution is 2.42. The van der Waals surface area contributed by atoms with E-state index in [1.54, 1.807) is 45.3 Å². The Bertz CT molecular complexity index is 2950. The second-order valence-electron chi connectivity index (χ2n) is 14.3. The Morgan fingerprint density at radius 1 is 0.448 bits per heavy atom. The van der Waals surface area contributed by atoms with Crippen molar-refractivity contribution in [3.63, 3.8) is 0 Å². The molecule has 0 bridgehead atoms. The van der Waals surface area contributed by atoms with Crippen molar-refractivity contribution >= 4 is 101 Å². The van der Waals surface area contributed by atoms with Gasteiger partial charge in [-0.15, -0.1) is 68.0 Å². The van der Waals surface area contributed by atoms with E-state index in [1.807, 2.05) is 22.7 Å². The number of thiophene rings is 6. The van der Waals surface area contributed by atoms with Crippen LogP contribution in [0.25, 0.3) is 71.9 Å². The molecular formula is C50H38N2S6. The zero-order chi connectivity index (χ0) is 39.0. The van der Waals surface area contributed by atoms with E-state index in [0.29, 0.717) is 0 Å². The summed E-state index contributed by atoms with van der Waals surface area (Å²) >= 11 is 10.8. The van der Waals surface area contributed by atoms with Crippen LogP contribution in [0.15, 0.2) is 120 Å². The summed E-state index contributed by atoms with van der Waals surface area (Å²) in [6, 6.07) is 40.0. The van der Waals surface area contributed by atoms with Crippen LogP contribution in [-0.4, -0.2) is 9.13 Å². The highest BCUT2D eigenvalue weighted by Gasteiger charge is 2.20. The van der Waals surface area contributed by atoms with E-state index in [4.69, 9.17) is 0 Å². The Morgan fingerprint density at radius 2 is 0.879 bits per heavy atom. The van der Waals surface area contributed by atoms with Gasteiger partial charge in [-0.1, -0.05) is 74.6 Å². The molecule has 0 fully saturated rings. The van der Waals surface area contributed by atoms with Crippen LogP contribution in [0.1, 0.15) is 60.4 Å². The summed E-state index contributed by atoms with van der Waals surface area (Å²) in [6.45, 7) is 6.52. The van der Waals surface area contributed by atoms with E-state index >= 15 is 0 Å². The number of nitrogens with zero attached hydrogens (tertiary/aromatic N) is 2. The standard InChI is InChI=1S/C50H38N2S6/c1-3-5-27-51-39-31-33(11-15-35-17-21-45(55-35)47-25-23-43(57-47)41-9-7-29-53-41)13-19-37(39)49-38-20-14-34(32-40(38)52(50(49)51)28-6-4-2)12-16-36-18-22-46(56-36)48-26-24-44(58-48)42-10-8-30-54-42/h7-10,13-14,17-26,29-32H,3-6,27-28H2,1-2H3. The summed E-state index contributed by atoms with van der Waals surface area (Å²) in [6.07, 6.45) is 4.53. The number of benzene rings is 2. The monoisotopic (exact) mass is 858 g/mol. The van der Waals surface area contributed by atoms with Crippen molar-refractivity contribution in [3.05, 3.63) is 141 Å². The third kappa shape index (κ3) is 7.24. The fourth-order valence-electron chi connectivity index (χ4n) is 7.59. The summed E-state index contributed by atoms with van der Waals surface area (Å²) < 4.78 is 5.15. The molecule has 10 aromatic rings. The van der Waals surface area contributed by atoms with Crippen LogP contribution in [0.2, 0.25) is 0 Å². The number of rotatable bonds is 10. The van der Waals surface area contributed by atoms with E-state index in [1.165, 1.54) is 71.9 Å². The lowest BCUT2D eigenvalue weighted by Gasteiger charge is -2.12. The van der Waals surface area contributed by atoms with Gasteiger partial charge in [-0.2, -0.15) is 0 Å².